The van der Waals surface area contributed by atoms with Gasteiger partial charge in [0.25, 0.3) is 5.91 Å². The number of imidazole rings is 1. The summed E-state index contributed by atoms with van der Waals surface area (Å²) in [7, 11) is 5.18. The summed E-state index contributed by atoms with van der Waals surface area (Å²) < 4.78 is 8.09. The molecule has 1 aliphatic heterocycles. The van der Waals surface area contributed by atoms with E-state index in [1.54, 1.807) is 31.8 Å². The van der Waals surface area contributed by atoms with Gasteiger partial charge in [-0.15, -0.1) is 0 Å². The van der Waals surface area contributed by atoms with Crippen LogP contribution in [0.15, 0.2) is 30.3 Å². The highest BCUT2D eigenvalue weighted by Crippen LogP contribution is 2.42. The molecule has 0 fully saturated rings. The van der Waals surface area contributed by atoms with Crippen LogP contribution in [-0.2, 0) is 20.1 Å². The van der Waals surface area contributed by atoms with Gasteiger partial charge < -0.3 is 24.4 Å². The average Bonchev–Trinajstić information content (AvgIpc) is 3.02. The molecule has 1 aromatic heterocycles. The summed E-state index contributed by atoms with van der Waals surface area (Å²) in [6.07, 6.45) is -1.07. The van der Waals surface area contributed by atoms with Gasteiger partial charge in [0.1, 0.15) is 17.9 Å². The van der Waals surface area contributed by atoms with Crippen molar-refractivity contribution in [3.05, 3.63) is 58.4 Å². The fourth-order valence-corrected chi connectivity index (χ4v) is 3.98. The number of fused-ring (bicyclic) bond motifs is 3. The highest BCUT2D eigenvalue weighted by molar-refractivity contribution is 6.01. The molecule has 2 atom stereocenters. The second-order valence-corrected chi connectivity index (χ2v) is 7.71. The molecule has 2 heterocycles. The molecule has 152 valence electrons. The molecule has 0 bridgehead atoms. The molecule has 0 aliphatic carbocycles. The van der Waals surface area contributed by atoms with E-state index in [2.05, 4.69) is 4.98 Å². The zero-order chi connectivity index (χ0) is 20.9. The zero-order valence-electron chi connectivity index (χ0n) is 17.0. The Kier molecular flexibility index (Phi) is 4.80. The van der Waals surface area contributed by atoms with Crippen LogP contribution in [0.2, 0.25) is 0 Å². The van der Waals surface area contributed by atoms with Crippen LogP contribution in [0.5, 0.6) is 5.75 Å². The van der Waals surface area contributed by atoms with E-state index in [1.165, 1.54) is 4.90 Å². The van der Waals surface area contributed by atoms with Crippen molar-refractivity contribution in [3.63, 3.8) is 0 Å². The van der Waals surface area contributed by atoms with Crippen molar-refractivity contribution in [1.29, 1.82) is 0 Å². The summed E-state index contributed by atoms with van der Waals surface area (Å²) in [5.74, 6) is 0.820. The molecule has 0 saturated heterocycles. The third kappa shape index (κ3) is 3.07. The van der Waals surface area contributed by atoms with Gasteiger partial charge in [0.15, 0.2) is 11.9 Å². The van der Waals surface area contributed by atoms with Crippen LogP contribution >= 0.6 is 0 Å². The predicted molar refractivity (Wildman–Crippen MR) is 109 cm³/mol. The molecular formula is C22H25N3O4. The Morgan fingerprint density at radius 2 is 2.07 bits per heavy atom. The van der Waals surface area contributed by atoms with Crippen LogP contribution < -0.4 is 4.74 Å². The number of benzene rings is 2. The Morgan fingerprint density at radius 1 is 1.34 bits per heavy atom. The van der Waals surface area contributed by atoms with Crippen LogP contribution in [-0.4, -0.2) is 50.8 Å². The molecule has 1 aliphatic rings. The fraction of sp³-hybridized carbons (Fsp3) is 0.364. The van der Waals surface area contributed by atoms with Crippen LogP contribution in [0.3, 0.4) is 0 Å². The number of aliphatic hydroxyl groups excluding tert-OH is 2. The van der Waals surface area contributed by atoms with E-state index < -0.39 is 12.2 Å². The topological polar surface area (TPSA) is 87.8 Å². The Labute approximate surface area is 169 Å². The van der Waals surface area contributed by atoms with E-state index in [0.29, 0.717) is 33.7 Å². The van der Waals surface area contributed by atoms with Gasteiger partial charge in [-0.05, 0) is 24.1 Å². The number of carbonyl (C=O) groups excluding carboxylic acids is 1. The molecule has 7 nitrogen and oxygen atoms in total. The molecule has 1 amide bonds. The van der Waals surface area contributed by atoms with Gasteiger partial charge in [0, 0.05) is 38.7 Å². The van der Waals surface area contributed by atoms with Gasteiger partial charge in [-0.1, -0.05) is 24.3 Å². The number of nitrogens with zero attached hydrogens (tertiary/aromatic N) is 3. The zero-order valence-corrected chi connectivity index (χ0v) is 17.0. The SMILES string of the molecule is Cc1ccccc1[C@H]1Oc2c(c(C(=O)N(C)C)cc3c2nc(CO)n3C)C[C@@H]1O. The summed E-state index contributed by atoms with van der Waals surface area (Å²) in [4.78, 5) is 18.9. The third-order valence-corrected chi connectivity index (χ3v) is 5.61. The van der Waals surface area contributed by atoms with Gasteiger partial charge in [-0.2, -0.15) is 0 Å². The monoisotopic (exact) mass is 395 g/mol. The van der Waals surface area contributed by atoms with Crippen LogP contribution in [0.1, 0.15) is 39.0 Å². The first kappa shape index (κ1) is 19.4. The molecular weight excluding hydrogens is 370 g/mol. The number of hydrogen-bond acceptors (Lipinski definition) is 5. The van der Waals surface area contributed by atoms with Crippen molar-refractivity contribution in [2.75, 3.05) is 14.1 Å². The maximum Gasteiger partial charge on any atom is 0.253 e. The number of ether oxygens (including phenoxy) is 1. The van der Waals surface area contributed by atoms with E-state index >= 15 is 0 Å². The number of amides is 1. The molecule has 4 rings (SSSR count). The molecule has 29 heavy (non-hydrogen) atoms. The normalized spacial score (nSPS) is 18.4. The summed E-state index contributed by atoms with van der Waals surface area (Å²) in [6.45, 7) is 1.76. The largest absolute Gasteiger partial charge is 0.480 e. The minimum Gasteiger partial charge on any atom is -0.480 e. The van der Waals surface area contributed by atoms with Gasteiger partial charge in [0.2, 0.25) is 0 Å². The first-order valence-electron chi connectivity index (χ1n) is 9.57. The van der Waals surface area contributed by atoms with Crippen LogP contribution in [0.25, 0.3) is 11.0 Å². The number of aryl methyl sites for hydroxylation is 2. The second-order valence-electron chi connectivity index (χ2n) is 7.71. The number of hydrogen-bond donors (Lipinski definition) is 2. The Hall–Kier alpha value is -2.90. The minimum absolute atomic E-state index is 0.167. The van der Waals surface area contributed by atoms with Crippen LogP contribution in [0, 0.1) is 6.92 Å². The van der Waals surface area contributed by atoms with Crippen molar-refractivity contribution in [2.24, 2.45) is 7.05 Å². The quantitative estimate of drug-likeness (QED) is 0.709. The summed E-state index contributed by atoms with van der Waals surface area (Å²) >= 11 is 0. The first-order valence-corrected chi connectivity index (χ1v) is 9.57. The molecule has 0 spiro atoms. The van der Waals surface area contributed by atoms with Crippen LogP contribution in [0.4, 0.5) is 0 Å². The van der Waals surface area contributed by atoms with Crippen molar-refractivity contribution < 1.29 is 19.7 Å². The molecule has 2 aromatic carbocycles. The Morgan fingerprint density at radius 3 is 2.72 bits per heavy atom. The van der Waals surface area contributed by atoms with E-state index in [9.17, 15) is 15.0 Å². The van der Waals surface area contributed by atoms with E-state index in [1.807, 2.05) is 31.2 Å². The number of carbonyl (C=O) groups is 1. The van der Waals surface area contributed by atoms with Gasteiger partial charge in [0.05, 0.1) is 11.6 Å². The Balaban J connectivity index is 1.95. The number of rotatable bonds is 3. The lowest BCUT2D eigenvalue weighted by Crippen LogP contribution is -2.33. The first-order chi connectivity index (χ1) is 13.8. The van der Waals surface area contributed by atoms with Crippen molar-refractivity contribution >= 4 is 16.9 Å². The van der Waals surface area contributed by atoms with E-state index in [-0.39, 0.29) is 18.9 Å². The standard InChI is InChI=1S/C22H25N3O4/c1-12-7-5-6-8-13(12)20-17(27)10-14-15(22(28)24(2)3)9-16-19(21(14)29-20)23-18(11-26)25(16)4/h5-9,17,20,26-27H,10-11H2,1-4H3/t17-,20+/m0/s1. The van der Waals surface area contributed by atoms with Crippen molar-refractivity contribution in [3.8, 4) is 5.75 Å². The number of aliphatic hydroxyl groups is 2. The smallest absolute Gasteiger partial charge is 0.253 e. The van der Waals surface area contributed by atoms with Crippen molar-refractivity contribution in [1.82, 2.24) is 14.5 Å². The summed E-state index contributed by atoms with van der Waals surface area (Å²) in [5.41, 5.74) is 4.35. The average molecular weight is 395 g/mol. The highest BCUT2D eigenvalue weighted by Gasteiger charge is 2.36. The molecule has 0 saturated carbocycles. The maximum absolute atomic E-state index is 12.9. The van der Waals surface area contributed by atoms with Gasteiger partial charge >= 0.3 is 0 Å². The van der Waals surface area contributed by atoms with Gasteiger partial charge in [-0.3, -0.25) is 4.79 Å². The minimum atomic E-state index is -0.796. The molecule has 0 unspecified atom stereocenters. The molecule has 7 heteroatoms. The second kappa shape index (κ2) is 7.17. The fourth-order valence-electron chi connectivity index (χ4n) is 3.98. The number of aromatic nitrogens is 2. The maximum atomic E-state index is 12.9. The summed E-state index contributed by atoms with van der Waals surface area (Å²) in [6, 6.07) is 9.55. The van der Waals surface area contributed by atoms with Gasteiger partial charge in [-0.25, -0.2) is 4.98 Å². The van der Waals surface area contributed by atoms with E-state index in [0.717, 1.165) is 11.1 Å². The molecule has 2 N–H and O–H groups in total. The predicted octanol–water partition coefficient (Wildman–Crippen LogP) is 2.11. The lowest BCUT2D eigenvalue weighted by Gasteiger charge is -2.33. The lowest BCUT2D eigenvalue weighted by molar-refractivity contribution is 0.0211. The molecule has 0 radical (unpaired) electrons. The third-order valence-electron chi connectivity index (χ3n) is 5.61. The lowest BCUT2D eigenvalue weighted by atomic mass is 9.89. The highest BCUT2D eigenvalue weighted by atomic mass is 16.5. The molecule has 3 aromatic rings. The van der Waals surface area contributed by atoms with E-state index in [4.69, 9.17) is 4.74 Å². The van der Waals surface area contributed by atoms with Crippen molar-refractivity contribution in [2.45, 2.75) is 32.2 Å². The summed E-state index contributed by atoms with van der Waals surface area (Å²) in [5, 5.41) is 20.6. The Bertz CT molecular complexity index is 1100.